The number of aliphatic hydroxyl groups is 1. The highest BCUT2D eigenvalue weighted by Crippen LogP contribution is 2.23. The Kier molecular flexibility index (Phi) is 4.94. The molecule has 0 aromatic heterocycles. The Balaban J connectivity index is 2.22. The van der Waals surface area contributed by atoms with Crippen molar-refractivity contribution in [3.8, 4) is 0 Å². The normalized spacial score (nSPS) is 11.8. The van der Waals surface area contributed by atoms with Crippen molar-refractivity contribution in [3.63, 3.8) is 0 Å². The maximum Gasteiger partial charge on any atom is 0.0576 e. The van der Waals surface area contributed by atoms with E-state index in [9.17, 15) is 5.11 Å². The van der Waals surface area contributed by atoms with E-state index in [4.69, 9.17) is 0 Å². The molecule has 106 valence electrons. The summed E-state index contributed by atoms with van der Waals surface area (Å²) >= 11 is 0. The Labute approximate surface area is 121 Å². The van der Waals surface area contributed by atoms with Crippen LogP contribution in [0.15, 0.2) is 60.7 Å². The monoisotopic (exact) mass is 269 g/mol. The molecule has 0 radical (unpaired) electrons. The molecule has 0 saturated carbocycles. The van der Waals surface area contributed by atoms with E-state index in [-0.39, 0.29) is 18.1 Å². The highest BCUT2D eigenvalue weighted by atomic mass is 16.3. The number of hydrogen-bond acceptors (Lipinski definition) is 2. The van der Waals surface area contributed by atoms with Crippen LogP contribution >= 0.6 is 0 Å². The van der Waals surface area contributed by atoms with E-state index in [0.717, 1.165) is 6.54 Å². The van der Waals surface area contributed by atoms with Crippen LogP contribution < -0.4 is 5.32 Å². The van der Waals surface area contributed by atoms with Crippen molar-refractivity contribution in [2.75, 3.05) is 13.2 Å². The number of hydrogen-bond donors (Lipinski definition) is 2. The second-order valence-corrected chi connectivity index (χ2v) is 5.96. The maximum atomic E-state index is 9.41. The molecule has 2 aromatic carbocycles. The van der Waals surface area contributed by atoms with Gasteiger partial charge in [-0.3, -0.25) is 0 Å². The summed E-state index contributed by atoms with van der Waals surface area (Å²) in [6.07, 6.45) is 0. The zero-order chi connectivity index (χ0) is 14.4. The quantitative estimate of drug-likeness (QED) is 0.842. The van der Waals surface area contributed by atoms with Gasteiger partial charge in [-0.1, -0.05) is 74.5 Å². The number of nitrogens with one attached hydrogen (secondary N) is 1. The molecule has 0 bridgehead atoms. The van der Waals surface area contributed by atoms with E-state index in [1.54, 1.807) is 0 Å². The Bertz CT molecular complexity index is 468. The Morgan fingerprint density at radius 1 is 0.900 bits per heavy atom. The second-order valence-electron chi connectivity index (χ2n) is 5.96. The highest BCUT2D eigenvalue weighted by Gasteiger charge is 2.20. The van der Waals surface area contributed by atoms with E-state index in [2.05, 4.69) is 67.7 Å². The third kappa shape index (κ3) is 3.92. The van der Waals surface area contributed by atoms with Crippen molar-refractivity contribution in [1.29, 1.82) is 0 Å². The molecular weight excluding hydrogens is 246 g/mol. The lowest BCUT2D eigenvalue weighted by Gasteiger charge is -2.27. The fourth-order valence-corrected chi connectivity index (χ4v) is 2.15. The van der Waals surface area contributed by atoms with Gasteiger partial charge in [-0.15, -0.1) is 0 Å². The van der Waals surface area contributed by atoms with Gasteiger partial charge in [0.05, 0.1) is 6.04 Å². The van der Waals surface area contributed by atoms with E-state index in [1.807, 2.05) is 12.1 Å². The molecule has 0 fully saturated rings. The Morgan fingerprint density at radius 3 is 1.75 bits per heavy atom. The van der Waals surface area contributed by atoms with Crippen molar-refractivity contribution in [2.45, 2.75) is 19.9 Å². The maximum absolute atomic E-state index is 9.41. The van der Waals surface area contributed by atoms with Gasteiger partial charge in [-0.2, -0.15) is 0 Å². The van der Waals surface area contributed by atoms with Crippen LogP contribution in [0.3, 0.4) is 0 Å². The number of rotatable bonds is 6. The van der Waals surface area contributed by atoms with Crippen LogP contribution in [-0.2, 0) is 0 Å². The molecule has 2 nitrogen and oxygen atoms in total. The van der Waals surface area contributed by atoms with E-state index in [1.165, 1.54) is 11.1 Å². The standard InChI is InChI=1S/C18H23NO/c1-18(2,14-20)13-19-17(15-9-5-3-6-10-15)16-11-7-4-8-12-16/h3-12,17,19-20H,13-14H2,1-2H3. The molecule has 2 rings (SSSR count). The minimum absolute atomic E-state index is 0.123. The van der Waals surface area contributed by atoms with Crippen LogP contribution in [0.5, 0.6) is 0 Å². The summed E-state index contributed by atoms with van der Waals surface area (Å²) in [6, 6.07) is 21.0. The molecule has 0 unspecified atom stereocenters. The molecule has 0 amide bonds. The molecule has 0 aliphatic heterocycles. The largest absolute Gasteiger partial charge is 0.396 e. The van der Waals surface area contributed by atoms with Gasteiger partial charge in [0.15, 0.2) is 0 Å². The van der Waals surface area contributed by atoms with Gasteiger partial charge in [-0.25, -0.2) is 0 Å². The van der Waals surface area contributed by atoms with Crippen LogP contribution in [-0.4, -0.2) is 18.3 Å². The lowest BCUT2D eigenvalue weighted by atomic mass is 9.92. The van der Waals surface area contributed by atoms with Crippen molar-refractivity contribution in [1.82, 2.24) is 5.32 Å². The lowest BCUT2D eigenvalue weighted by Crippen LogP contribution is -2.35. The molecule has 0 heterocycles. The van der Waals surface area contributed by atoms with Gasteiger partial charge in [0.2, 0.25) is 0 Å². The first-order valence-electron chi connectivity index (χ1n) is 7.06. The van der Waals surface area contributed by atoms with Crippen LogP contribution in [0.4, 0.5) is 0 Å². The number of aliphatic hydroxyl groups excluding tert-OH is 1. The van der Waals surface area contributed by atoms with Crippen LogP contribution in [0.2, 0.25) is 0 Å². The van der Waals surface area contributed by atoms with Gasteiger partial charge in [0.25, 0.3) is 0 Å². The molecule has 0 atom stereocenters. The molecule has 0 saturated heterocycles. The van der Waals surface area contributed by atoms with Crippen molar-refractivity contribution in [2.24, 2.45) is 5.41 Å². The SMILES string of the molecule is CC(C)(CO)CNC(c1ccccc1)c1ccccc1. The fraction of sp³-hybridized carbons (Fsp3) is 0.333. The smallest absolute Gasteiger partial charge is 0.0576 e. The first-order valence-corrected chi connectivity index (χ1v) is 7.06. The van der Waals surface area contributed by atoms with E-state index >= 15 is 0 Å². The van der Waals surface area contributed by atoms with Gasteiger partial charge in [-0.05, 0) is 11.1 Å². The molecular formula is C18H23NO. The average Bonchev–Trinajstić information content (AvgIpc) is 2.49. The topological polar surface area (TPSA) is 32.3 Å². The van der Waals surface area contributed by atoms with Crippen LogP contribution in [0.1, 0.15) is 31.0 Å². The van der Waals surface area contributed by atoms with E-state index in [0.29, 0.717) is 0 Å². The zero-order valence-corrected chi connectivity index (χ0v) is 12.2. The van der Waals surface area contributed by atoms with Gasteiger partial charge in [0, 0.05) is 18.6 Å². The molecule has 0 aliphatic rings. The van der Waals surface area contributed by atoms with Crippen LogP contribution in [0.25, 0.3) is 0 Å². The summed E-state index contributed by atoms with van der Waals surface area (Å²) in [5.41, 5.74) is 2.36. The molecule has 0 spiro atoms. The van der Waals surface area contributed by atoms with Crippen molar-refractivity contribution >= 4 is 0 Å². The Hall–Kier alpha value is -1.64. The first-order chi connectivity index (χ1) is 9.62. The molecule has 2 heteroatoms. The third-order valence-corrected chi connectivity index (χ3v) is 3.48. The molecule has 2 aromatic rings. The predicted octanol–water partition coefficient (Wildman–Crippen LogP) is 3.38. The third-order valence-electron chi connectivity index (χ3n) is 3.48. The molecule has 20 heavy (non-hydrogen) atoms. The minimum Gasteiger partial charge on any atom is -0.396 e. The summed E-state index contributed by atoms with van der Waals surface area (Å²) < 4.78 is 0. The minimum atomic E-state index is -0.123. The summed E-state index contributed by atoms with van der Waals surface area (Å²) in [5.74, 6) is 0. The summed E-state index contributed by atoms with van der Waals surface area (Å²) in [5, 5.41) is 13.0. The average molecular weight is 269 g/mol. The van der Waals surface area contributed by atoms with Crippen LogP contribution in [0, 0.1) is 5.41 Å². The molecule has 0 aliphatic carbocycles. The highest BCUT2D eigenvalue weighted by molar-refractivity contribution is 5.31. The zero-order valence-electron chi connectivity index (χ0n) is 12.2. The number of benzene rings is 2. The molecule has 2 N–H and O–H groups in total. The van der Waals surface area contributed by atoms with Crippen molar-refractivity contribution < 1.29 is 5.11 Å². The van der Waals surface area contributed by atoms with Gasteiger partial charge >= 0.3 is 0 Å². The first kappa shape index (κ1) is 14.8. The summed E-state index contributed by atoms with van der Waals surface area (Å²) in [7, 11) is 0. The fourth-order valence-electron chi connectivity index (χ4n) is 2.15. The lowest BCUT2D eigenvalue weighted by molar-refractivity contribution is 0.154. The second kappa shape index (κ2) is 6.69. The Morgan fingerprint density at radius 2 is 1.35 bits per heavy atom. The van der Waals surface area contributed by atoms with Crippen molar-refractivity contribution in [3.05, 3.63) is 71.8 Å². The van der Waals surface area contributed by atoms with E-state index < -0.39 is 0 Å². The van der Waals surface area contributed by atoms with Gasteiger partial charge < -0.3 is 10.4 Å². The summed E-state index contributed by atoms with van der Waals surface area (Å²) in [4.78, 5) is 0. The summed E-state index contributed by atoms with van der Waals surface area (Å²) in [6.45, 7) is 5.06. The van der Waals surface area contributed by atoms with Gasteiger partial charge in [0.1, 0.15) is 0 Å². The predicted molar refractivity (Wildman–Crippen MR) is 83.6 cm³/mol.